The Morgan fingerprint density at radius 1 is 1.17 bits per heavy atom. The number of hydrogen-bond donors (Lipinski definition) is 1. The minimum Gasteiger partial charge on any atom is -0.367 e. The third-order valence-electron chi connectivity index (χ3n) is 4.02. The van der Waals surface area contributed by atoms with Crippen LogP contribution >= 0.6 is 0 Å². The van der Waals surface area contributed by atoms with Gasteiger partial charge in [-0.2, -0.15) is 0 Å². The Labute approximate surface area is 136 Å². The summed E-state index contributed by atoms with van der Waals surface area (Å²) in [6, 6.07) is 2.39. The summed E-state index contributed by atoms with van der Waals surface area (Å²) >= 11 is 0. The Kier molecular flexibility index (Phi) is 4.97. The van der Waals surface area contributed by atoms with E-state index in [2.05, 4.69) is 30.2 Å². The molecule has 1 N–H and O–H groups in total. The van der Waals surface area contributed by atoms with Crippen molar-refractivity contribution in [3.05, 3.63) is 36.5 Å². The topological polar surface area (TPSA) is 70.1 Å². The molecule has 7 nitrogen and oxygen atoms in total. The molecule has 0 aliphatic carbocycles. The lowest BCUT2D eigenvalue weighted by Gasteiger charge is -2.32. The van der Waals surface area contributed by atoms with Crippen LogP contribution in [-0.4, -0.2) is 58.1 Å². The van der Waals surface area contributed by atoms with E-state index in [4.69, 9.17) is 0 Å². The first-order valence-corrected chi connectivity index (χ1v) is 7.94. The molecule has 0 unspecified atom stereocenters. The SMILES string of the molecule is CN(C)c1ncc(CN2CCC(Nc3ccncn3)CC2)cn1. The number of likely N-dealkylation sites (tertiary alicyclic amines) is 1. The minimum absolute atomic E-state index is 0.480. The van der Waals surface area contributed by atoms with Gasteiger partial charge in [0, 0.05) is 63.9 Å². The molecule has 0 saturated carbocycles. The van der Waals surface area contributed by atoms with E-state index in [1.54, 1.807) is 12.5 Å². The van der Waals surface area contributed by atoms with Crippen molar-refractivity contribution >= 4 is 11.8 Å². The van der Waals surface area contributed by atoms with E-state index >= 15 is 0 Å². The Morgan fingerprint density at radius 3 is 2.52 bits per heavy atom. The standard InChI is InChI=1S/C16H23N7/c1-22(2)16-18-9-13(10-19-16)11-23-7-4-14(5-8-23)21-15-3-6-17-12-20-15/h3,6,9-10,12,14H,4-5,7-8,11H2,1-2H3,(H,17,20,21). The second-order valence-electron chi connectivity index (χ2n) is 6.08. The molecular formula is C16H23N7. The van der Waals surface area contributed by atoms with E-state index in [0.717, 1.165) is 49.8 Å². The van der Waals surface area contributed by atoms with Crippen LogP contribution in [0.1, 0.15) is 18.4 Å². The van der Waals surface area contributed by atoms with Crippen LogP contribution in [0.2, 0.25) is 0 Å². The van der Waals surface area contributed by atoms with E-state index in [-0.39, 0.29) is 0 Å². The van der Waals surface area contributed by atoms with Crippen molar-refractivity contribution in [2.45, 2.75) is 25.4 Å². The normalized spacial score (nSPS) is 16.3. The molecule has 1 saturated heterocycles. The monoisotopic (exact) mass is 313 g/mol. The molecule has 3 rings (SSSR count). The largest absolute Gasteiger partial charge is 0.367 e. The number of nitrogens with one attached hydrogen (secondary N) is 1. The first kappa shape index (κ1) is 15.6. The van der Waals surface area contributed by atoms with Gasteiger partial charge in [0.05, 0.1) is 0 Å². The van der Waals surface area contributed by atoms with Gasteiger partial charge in [-0.05, 0) is 18.9 Å². The average Bonchev–Trinajstić information content (AvgIpc) is 2.58. The summed E-state index contributed by atoms with van der Waals surface area (Å²) in [5.41, 5.74) is 1.16. The van der Waals surface area contributed by atoms with Gasteiger partial charge in [0.2, 0.25) is 5.95 Å². The maximum atomic E-state index is 4.38. The zero-order valence-corrected chi connectivity index (χ0v) is 13.7. The first-order chi connectivity index (χ1) is 11.2. The van der Waals surface area contributed by atoms with Crippen molar-refractivity contribution in [1.29, 1.82) is 0 Å². The molecule has 0 bridgehead atoms. The molecule has 0 aromatic carbocycles. The highest BCUT2D eigenvalue weighted by Gasteiger charge is 2.19. The predicted molar refractivity (Wildman–Crippen MR) is 90.3 cm³/mol. The lowest BCUT2D eigenvalue weighted by molar-refractivity contribution is 0.211. The zero-order chi connectivity index (χ0) is 16.1. The molecule has 2 aromatic rings. The smallest absolute Gasteiger partial charge is 0.224 e. The number of rotatable bonds is 5. The zero-order valence-electron chi connectivity index (χ0n) is 13.7. The quantitative estimate of drug-likeness (QED) is 0.895. The van der Waals surface area contributed by atoms with Crippen LogP contribution in [0.5, 0.6) is 0 Å². The number of anilines is 2. The van der Waals surface area contributed by atoms with Crippen LogP contribution in [-0.2, 0) is 6.54 Å². The summed E-state index contributed by atoms with van der Waals surface area (Å²) in [5.74, 6) is 1.66. The molecule has 0 atom stereocenters. The Morgan fingerprint density at radius 2 is 1.91 bits per heavy atom. The summed E-state index contributed by atoms with van der Waals surface area (Å²) in [5, 5.41) is 3.48. The highest BCUT2D eigenvalue weighted by Crippen LogP contribution is 2.16. The highest BCUT2D eigenvalue weighted by molar-refractivity contribution is 5.33. The molecule has 0 amide bonds. The molecule has 1 fully saturated rings. The van der Waals surface area contributed by atoms with Crippen molar-refractivity contribution in [2.24, 2.45) is 0 Å². The minimum atomic E-state index is 0.480. The van der Waals surface area contributed by atoms with Crippen LogP contribution in [0.25, 0.3) is 0 Å². The number of nitrogens with zero attached hydrogens (tertiary/aromatic N) is 6. The van der Waals surface area contributed by atoms with Crippen LogP contribution in [0.15, 0.2) is 31.0 Å². The van der Waals surface area contributed by atoms with Gasteiger partial charge in [-0.25, -0.2) is 19.9 Å². The Balaban J connectivity index is 1.47. The molecule has 3 heterocycles. The lowest BCUT2D eigenvalue weighted by atomic mass is 10.0. The molecular weight excluding hydrogens is 290 g/mol. The van der Waals surface area contributed by atoms with Gasteiger partial charge in [0.15, 0.2) is 0 Å². The molecule has 7 heteroatoms. The van der Waals surface area contributed by atoms with Crippen molar-refractivity contribution in [1.82, 2.24) is 24.8 Å². The van der Waals surface area contributed by atoms with Gasteiger partial charge in [-0.1, -0.05) is 0 Å². The molecule has 23 heavy (non-hydrogen) atoms. The fourth-order valence-electron chi connectivity index (χ4n) is 2.74. The molecule has 1 aliphatic rings. The molecule has 0 radical (unpaired) electrons. The van der Waals surface area contributed by atoms with Crippen molar-refractivity contribution in [3.8, 4) is 0 Å². The van der Waals surface area contributed by atoms with E-state index in [0.29, 0.717) is 6.04 Å². The summed E-state index contributed by atoms with van der Waals surface area (Å²) < 4.78 is 0. The van der Waals surface area contributed by atoms with Crippen molar-refractivity contribution in [3.63, 3.8) is 0 Å². The fourth-order valence-corrected chi connectivity index (χ4v) is 2.74. The maximum Gasteiger partial charge on any atom is 0.224 e. The van der Waals surface area contributed by atoms with Gasteiger partial charge < -0.3 is 10.2 Å². The fraction of sp³-hybridized carbons (Fsp3) is 0.500. The average molecular weight is 313 g/mol. The van der Waals surface area contributed by atoms with Crippen LogP contribution in [0.4, 0.5) is 11.8 Å². The van der Waals surface area contributed by atoms with E-state index < -0.39 is 0 Å². The predicted octanol–water partition coefficient (Wildman–Crippen LogP) is 1.41. The lowest BCUT2D eigenvalue weighted by Crippen LogP contribution is -2.38. The molecule has 1 aliphatic heterocycles. The molecule has 0 spiro atoms. The third-order valence-corrected chi connectivity index (χ3v) is 4.02. The van der Waals surface area contributed by atoms with Gasteiger partial charge in [0.25, 0.3) is 0 Å². The van der Waals surface area contributed by atoms with Gasteiger partial charge >= 0.3 is 0 Å². The van der Waals surface area contributed by atoms with Gasteiger partial charge in [-0.3, -0.25) is 4.90 Å². The van der Waals surface area contributed by atoms with Crippen molar-refractivity contribution < 1.29 is 0 Å². The number of piperidine rings is 1. The van der Waals surface area contributed by atoms with Gasteiger partial charge in [0.1, 0.15) is 12.1 Å². The molecule has 2 aromatic heterocycles. The summed E-state index contributed by atoms with van der Waals surface area (Å²) in [6.45, 7) is 3.05. The molecule has 122 valence electrons. The Hall–Kier alpha value is -2.28. The Bertz CT molecular complexity index is 592. The van der Waals surface area contributed by atoms with Crippen LogP contribution < -0.4 is 10.2 Å². The van der Waals surface area contributed by atoms with E-state index in [9.17, 15) is 0 Å². The maximum absolute atomic E-state index is 4.38. The second kappa shape index (κ2) is 7.32. The van der Waals surface area contributed by atoms with Crippen LogP contribution in [0.3, 0.4) is 0 Å². The summed E-state index contributed by atoms with van der Waals surface area (Å²) in [6.07, 6.45) is 9.42. The van der Waals surface area contributed by atoms with Crippen LogP contribution in [0, 0.1) is 0 Å². The second-order valence-corrected chi connectivity index (χ2v) is 6.08. The summed E-state index contributed by atoms with van der Waals surface area (Å²) in [4.78, 5) is 21.3. The number of aromatic nitrogens is 4. The summed E-state index contributed by atoms with van der Waals surface area (Å²) in [7, 11) is 3.90. The third kappa shape index (κ3) is 4.35. The van der Waals surface area contributed by atoms with E-state index in [1.807, 2.05) is 37.5 Å². The number of hydrogen-bond acceptors (Lipinski definition) is 7. The highest BCUT2D eigenvalue weighted by atomic mass is 15.2. The van der Waals surface area contributed by atoms with Crippen molar-refractivity contribution in [2.75, 3.05) is 37.4 Å². The van der Waals surface area contributed by atoms with Gasteiger partial charge in [-0.15, -0.1) is 0 Å². The first-order valence-electron chi connectivity index (χ1n) is 7.94. The van der Waals surface area contributed by atoms with E-state index in [1.165, 1.54) is 0 Å².